The summed E-state index contributed by atoms with van der Waals surface area (Å²) in [4.78, 5) is 7.09. The molecule has 1 heterocycles. The van der Waals surface area contributed by atoms with E-state index in [1.54, 1.807) is 18.1 Å². The summed E-state index contributed by atoms with van der Waals surface area (Å²) >= 11 is 1.54. The van der Waals surface area contributed by atoms with Gasteiger partial charge in [-0.15, -0.1) is 0 Å². The van der Waals surface area contributed by atoms with Crippen LogP contribution in [0.3, 0.4) is 0 Å². The Labute approximate surface area is 59.1 Å². The molecule has 0 fully saturated rings. The molecule has 0 atom stereocenters. The van der Waals surface area contributed by atoms with Crippen LogP contribution in [0.25, 0.3) is 0 Å². The summed E-state index contributed by atoms with van der Waals surface area (Å²) in [5, 5.41) is 0. The maximum absolute atomic E-state index is 4.09. The Morgan fingerprint density at radius 2 is 2.67 bits per heavy atom. The van der Waals surface area contributed by atoms with E-state index in [2.05, 4.69) is 16.2 Å². The van der Waals surface area contributed by atoms with Crippen molar-refractivity contribution in [3.05, 3.63) is 24.0 Å². The van der Waals surface area contributed by atoms with Gasteiger partial charge in [0.15, 0.2) is 0 Å². The molecule has 1 N–H and O–H groups in total. The number of hydrogen-bond acceptors (Lipinski definition) is 2. The lowest BCUT2D eigenvalue weighted by Crippen LogP contribution is -1.81. The summed E-state index contributed by atoms with van der Waals surface area (Å²) in [6, 6.07) is 0. The number of aryl methyl sites for hydroxylation is 1. The third-order valence-corrected chi connectivity index (χ3v) is 1.65. The van der Waals surface area contributed by atoms with E-state index in [0.717, 1.165) is 17.1 Å². The average molecular weight is 141 g/mol. The van der Waals surface area contributed by atoms with Gasteiger partial charge in [0.2, 0.25) is 0 Å². The molecule has 0 aromatic carbocycles. The van der Waals surface area contributed by atoms with Gasteiger partial charge in [-0.05, 0) is 6.92 Å². The molecule has 1 rings (SSSR count). The zero-order valence-corrected chi connectivity index (χ0v) is 6.16. The molecule has 0 unspecified atom stereocenters. The molecule has 1 aromatic heterocycles. The quantitative estimate of drug-likeness (QED) is 0.679. The SMILES string of the molecule is [CH2]SCc1nc[nH]c1C. The molecule has 3 heteroatoms. The van der Waals surface area contributed by atoms with E-state index in [4.69, 9.17) is 0 Å². The number of rotatable bonds is 2. The van der Waals surface area contributed by atoms with Crippen LogP contribution in [0.4, 0.5) is 0 Å². The smallest absolute Gasteiger partial charge is 0.0925 e. The summed E-state index contributed by atoms with van der Waals surface area (Å²) in [6.45, 7) is 2.01. The van der Waals surface area contributed by atoms with Gasteiger partial charge in [-0.25, -0.2) is 4.98 Å². The number of aromatic nitrogens is 2. The Hall–Kier alpha value is -0.440. The topological polar surface area (TPSA) is 28.7 Å². The molecule has 0 saturated carbocycles. The van der Waals surface area contributed by atoms with Gasteiger partial charge in [0.25, 0.3) is 0 Å². The average Bonchev–Trinajstić information content (AvgIpc) is 2.18. The van der Waals surface area contributed by atoms with Gasteiger partial charge in [-0.2, -0.15) is 11.8 Å². The highest BCUT2D eigenvalue weighted by molar-refractivity contribution is 7.99. The summed E-state index contributed by atoms with van der Waals surface area (Å²) < 4.78 is 0. The van der Waals surface area contributed by atoms with Crippen molar-refractivity contribution in [1.82, 2.24) is 9.97 Å². The summed E-state index contributed by atoms with van der Waals surface area (Å²) in [7, 11) is 0. The van der Waals surface area contributed by atoms with E-state index < -0.39 is 0 Å². The second kappa shape index (κ2) is 2.92. The van der Waals surface area contributed by atoms with Crippen molar-refractivity contribution < 1.29 is 0 Å². The highest BCUT2D eigenvalue weighted by Crippen LogP contribution is 2.09. The Balaban J connectivity index is 2.69. The van der Waals surface area contributed by atoms with Gasteiger partial charge in [-0.3, -0.25) is 0 Å². The van der Waals surface area contributed by atoms with Gasteiger partial charge >= 0.3 is 0 Å². The minimum Gasteiger partial charge on any atom is -0.348 e. The maximum Gasteiger partial charge on any atom is 0.0925 e. The van der Waals surface area contributed by atoms with E-state index in [1.165, 1.54) is 0 Å². The Morgan fingerprint density at radius 1 is 1.89 bits per heavy atom. The van der Waals surface area contributed by atoms with Gasteiger partial charge in [-0.1, -0.05) is 0 Å². The molecule has 2 nitrogen and oxygen atoms in total. The van der Waals surface area contributed by atoms with Crippen LogP contribution in [-0.2, 0) is 5.75 Å². The zero-order valence-electron chi connectivity index (χ0n) is 5.35. The molecule has 0 aliphatic carbocycles. The fourth-order valence-electron chi connectivity index (χ4n) is 0.629. The lowest BCUT2D eigenvalue weighted by Gasteiger charge is -1.90. The summed E-state index contributed by atoms with van der Waals surface area (Å²) in [5.74, 6) is 0.898. The summed E-state index contributed by atoms with van der Waals surface area (Å²) in [6.07, 6.45) is 5.37. The number of hydrogen-bond donors (Lipinski definition) is 1. The van der Waals surface area contributed by atoms with Crippen LogP contribution in [0.1, 0.15) is 11.4 Å². The predicted molar refractivity (Wildman–Crippen MR) is 40.0 cm³/mol. The first-order valence-electron chi connectivity index (χ1n) is 2.70. The van der Waals surface area contributed by atoms with Crippen molar-refractivity contribution in [2.75, 3.05) is 0 Å². The molecule has 1 radical (unpaired) electrons. The molecule has 1 aromatic rings. The third-order valence-electron chi connectivity index (χ3n) is 1.17. The largest absolute Gasteiger partial charge is 0.348 e. The number of aromatic amines is 1. The monoisotopic (exact) mass is 141 g/mol. The lowest BCUT2D eigenvalue weighted by molar-refractivity contribution is 1.19. The van der Waals surface area contributed by atoms with Gasteiger partial charge in [0.05, 0.1) is 12.0 Å². The fourth-order valence-corrected chi connectivity index (χ4v) is 1.11. The molecule has 0 saturated heterocycles. The second-order valence-corrected chi connectivity index (χ2v) is 2.52. The number of H-pyrrole nitrogens is 1. The lowest BCUT2D eigenvalue weighted by atomic mass is 10.4. The predicted octanol–water partition coefficient (Wildman–Crippen LogP) is 1.74. The first kappa shape index (κ1) is 6.68. The van der Waals surface area contributed by atoms with Gasteiger partial charge in [0.1, 0.15) is 0 Å². The van der Waals surface area contributed by atoms with Crippen molar-refractivity contribution in [3.63, 3.8) is 0 Å². The molecule has 0 spiro atoms. The van der Waals surface area contributed by atoms with Gasteiger partial charge in [0, 0.05) is 17.7 Å². The number of imidazole rings is 1. The molecular weight excluding hydrogens is 132 g/mol. The van der Waals surface area contributed by atoms with Crippen LogP contribution in [0.2, 0.25) is 0 Å². The number of nitrogens with zero attached hydrogens (tertiary/aromatic N) is 1. The molecule has 0 bridgehead atoms. The molecule has 0 aliphatic rings. The minimum atomic E-state index is 0.898. The fraction of sp³-hybridized carbons (Fsp3) is 0.333. The highest BCUT2D eigenvalue weighted by atomic mass is 32.2. The van der Waals surface area contributed by atoms with Crippen molar-refractivity contribution in [3.8, 4) is 0 Å². The van der Waals surface area contributed by atoms with Crippen molar-refractivity contribution in [1.29, 1.82) is 0 Å². The van der Waals surface area contributed by atoms with E-state index in [0.29, 0.717) is 0 Å². The van der Waals surface area contributed by atoms with Crippen molar-refractivity contribution >= 4 is 11.8 Å². The Kier molecular flexibility index (Phi) is 2.16. The molecule has 49 valence electrons. The normalized spacial score (nSPS) is 10.0. The zero-order chi connectivity index (χ0) is 6.69. The van der Waals surface area contributed by atoms with E-state index in [1.807, 2.05) is 6.92 Å². The molecule has 0 aliphatic heterocycles. The van der Waals surface area contributed by atoms with Crippen LogP contribution < -0.4 is 0 Å². The van der Waals surface area contributed by atoms with Gasteiger partial charge < -0.3 is 4.98 Å². The van der Waals surface area contributed by atoms with Crippen molar-refractivity contribution in [2.24, 2.45) is 0 Å². The number of thioether (sulfide) groups is 1. The first-order chi connectivity index (χ1) is 4.34. The number of nitrogens with one attached hydrogen (secondary N) is 1. The van der Waals surface area contributed by atoms with Crippen LogP contribution in [0, 0.1) is 13.2 Å². The third kappa shape index (κ3) is 1.48. The van der Waals surface area contributed by atoms with Crippen LogP contribution in [-0.4, -0.2) is 9.97 Å². The molecular formula is C6H9N2S. The maximum atomic E-state index is 4.09. The van der Waals surface area contributed by atoms with E-state index in [-0.39, 0.29) is 0 Å². The Morgan fingerprint density at radius 3 is 3.11 bits per heavy atom. The standard InChI is InChI=1S/C6H9N2S/c1-5-6(3-9-2)8-4-7-5/h4H,2-3H2,1H3,(H,7,8). The van der Waals surface area contributed by atoms with Crippen LogP contribution in [0.5, 0.6) is 0 Å². The van der Waals surface area contributed by atoms with E-state index >= 15 is 0 Å². The van der Waals surface area contributed by atoms with E-state index in [9.17, 15) is 0 Å². The molecule has 0 amide bonds. The van der Waals surface area contributed by atoms with Crippen LogP contribution in [0.15, 0.2) is 6.33 Å². The highest BCUT2D eigenvalue weighted by Gasteiger charge is 1.96. The van der Waals surface area contributed by atoms with Crippen molar-refractivity contribution in [2.45, 2.75) is 12.7 Å². The van der Waals surface area contributed by atoms with Crippen LogP contribution >= 0.6 is 11.8 Å². The Bertz CT molecular complexity index is 183. The minimum absolute atomic E-state index is 0.898. The first-order valence-corrected chi connectivity index (χ1v) is 3.86. The second-order valence-electron chi connectivity index (χ2n) is 1.82. The molecule has 9 heavy (non-hydrogen) atoms. The summed E-state index contributed by atoms with van der Waals surface area (Å²) in [5.41, 5.74) is 2.25.